The van der Waals surface area contributed by atoms with Gasteiger partial charge in [-0.05, 0) is 24.3 Å². The summed E-state index contributed by atoms with van der Waals surface area (Å²) in [5.74, 6) is 0.860. The Morgan fingerprint density at radius 1 is 1.12 bits per heavy atom. The third-order valence-electron chi connectivity index (χ3n) is 2.64. The summed E-state index contributed by atoms with van der Waals surface area (Å²) in [6, 6.07) is 11.9. The lowest BCUT2D eigenvalue weighted by atomic mass is 10.2. The molecule has 0 saturated carbocycles. The molecule has 3 nitrogen and oxygen atoms in total. The van der Waals surface area contributed by atoms with Crippen LogP contribution in [-0.2, 0) is 0 Å². The highest BCUT2D eigenvalue weighted by Crippen LogP contribution is 2.27. The van der Waals surface area contributed by atoms with E-state index in [1.54, 1.807) is 6.26 Å². The summed E-state index contributed by atoms with van der Waals surface area (Å²) < 4.78 is 5.38. The zero-order valence-electron chi connectivity index (χ0n) is 8.81. The summed E-state index contributed by atoms with van der Waals surface area (Å²) in [4.78, 5) is 4.64. The van der Waals surface area contributed by atoms with E-state index >= 15 is 0 Å². The highest BCUT2D eigenvalue weighted by molar-refractivity contribution is 6.01. The molecule has 0 saturated heterocycles. The molecule has 0 fully saturated rings. The predicted molar refractivity (Wildman–Crippen MR) is 64.5 cm³/mol. The number of aliphatic imine (C=N–C) groups is 1. The van der Waals surface area contributed by atoms with Crippen molar-refractivity contribution in [2.24, 2.45) is 4.99 Å². The van der Waals surface area contributed by atoms with Crippen LogP contribution in [0.25, 0.3) is 0 Å². The Kier molecular flexibility index (Phi) is 2.22. The number of fused-ring (bicyclic) bond motifs is 1. The molecule has 3 rings (SSSR count). The van der Waals surface area contributed by atoms with Crippen molar-refractivity contribution < 1.29 is 4.42 Å². The average molecular weight is 212 g/mol. The van der Waals surface area contributed by atoms with Crippen LogP contribution in [0.4, 0.5) is 11.4 Å². The lowest BCUT2D eigenvalue weighted by molar-refractivity contribution is 0.556. The van der Waals surface area contributed by atoms with Gasteiger partial charge in [-0.3, -0.25) is 0 Å². The van der Waals surface area contributed by atoms with E-state index in [1.807, 2.05) is 36.4 Å². The molecule has 0 amide bonds. The summed E-state index contributed by atoms with van der Waals surface area (Å²) in [5, 5.41) is 3.36. The fourth-order valence-corrected chi connectivity index (χ4v) is 1.86. The first-order chi connectivity index (χ1) is 7.93. The van der Waals surface area contributed by atoms with E-state index in [0.717, 1.165) is 35.8 Å². The number of hydrogen-bond acceptors (Lipinski definition) is 3. The maximum atomic E-state index is 5.38. The Labute approximate surface area is 93.8 Å². The van der Waals surface area contributed by atoms with Crippen LogP contribution in [0.5, 0.6) is 0 Å². The Balaban J connectivity index is 2.06. The molecule has 0 aliphatic carbocycles. The van der Waals surface area contributed by atoms with Gasteiger partial charge in [0.2, 0.25) is 0 Å². The van der Waals surface area contributed by atoms with Crippen molar-refractivity contribution in [2.75, 3.05) is 11.9 Å². The number of furan rings is 1. The van der Waals surface area contributed by atoms with Crippen molar-refractivity contribution in [3.05, 3.63) is 48.4 Å². The molecule has 1 aromatic carbocycles. The molecule has 0 radical (unpaired) electrons. The molecule has 1 aromatic heterocycles. The number of nitrogens with one attached hydrogen (secondary N) is 1. The lowest BCUT2D eigenvalue weighted by Crippen LogP contribution is -2.06. The quantitative estimate of drug-likeness (QED) is 0.788. The second-order valence-corrected chi connectivity index (χ2v) is 3.73. The van der Waals surface area contributed by atoms with Gasteiger partial charge < -0.3 is 9.73 Å². The van der Waals surface area contributed by atoms with Gasteiger partial charge in [-0.15, -0.1) is 0 Å². The van der Waals surface area contributed by atoms with Crippen molar-refractivity contribution in [3.63, 3.8) is 0 Å². The second-order valence-electron chi connectivity index (χ2n) is 3.73. The van der Waals surface area contributed by atoms with Crippen LogP contribution >= 0.6 is 0 Å². The van der Waals surface area contributed by atoms with E-state index in [4.69, 9.17) is 4.42 Å². The second kappa shape index (κ2) is 3.85. The van der Waals surface area contributed by atoms with Crippen molar-refractivity contribution in [1.29, 1.82) is 0 Å². The molecular formula is C13H12N2O. The first-order valence-corrected chi connectivity index (χ1v) is 5.38. The fourth-order valence-electron chi connectivity index (χ4n) is 1.86. The van der Waals surface area contributed by atoms with Gasteiger partial charge in [-0.2, -0.15) is 0 Å². The number of benzene rings is 1. The van der Waals surface area contributed by atoms with Gasteiger partial charge in [0.25, 0.3) is 0 Å². The van der Waals surface area contributed by atoms with Crippen molar-refractivity contribution in [3.8, 4) is 0 Å². The number of para-hydroxylation sites is 2. The zero-order valence-corrected chi connectivity index (χ0v) is 8.81. The molecule has 0 bridgehead atoms. The number of anilines is 1. The largest absolute Gasteiger partial charge is 0.463 e. The van der Waals surface area contributed by atoms with Crippen LogP contribution < -0.4 is 5.32 Å². The van der Waals surface area contributed by atoms with Gasteiger partial charge in [-0.1, -0.05) is 12.1 Å². The normalized spacial score (nSPS) is 14.6. The summed E-state index contributed by atoms with van der Waals surface area (Å²) in [7, 11) is 0. The number of hydrogen-bond donors (Lipinski definition) is 1. The number of rotatable bonds is 1. The van der Waals surface area contributed by atoms with Crippen LogP contribution in [0.2, 0.25) is 0 Å². The minimum Gasteiger partial charge on any atom is -0.463 e. The van der Waals surface area contributed by atoms with E-state index in [1.165, 1.54) is 0 Å². The average Bonchev–Trinajstić information content (AvgIpc) is 2.75. The van der Waals surface area contributed by atoms with Crippen LogP contribution in [0.3, 0.4) is 0 Å². The highest BCUT2D eigenvalue weighted by atomic mass is 16.3. The topological polar surface area (TPSA) is 37.5 Å². The Morgan fingerprint density at radius 3 is 2.94 bits per heavy atom. The molecule has 3 heteroatoms. The maximum Gasteiger partial charge on any atom is 0.148 e. The number of nitrogens with zero attached hydrogens (tertiary/aromatic N) is 1. The third kappa shape index (κ3) is 1.60. The van der Waals surface area contributed by atoms with E-state index in [2.05, 4.69) is 10.3 Å². The van der Waals surface area contributed by atoms with Gasteiger partial charge in [0.15, 0.2) is 0 Å². The van der Waals surface area contributed by atoms with Gasteiger partial charge in [0, 0.05) is 13.0 Å². The minimum absolute atomic E-state index is 0.860. The molecule has 0 atom stereocenters. The standard InChI is InChI=1S/C13H12N2O/c1-2-5-11-10(4-1)14-8-7-12(15-11)13-6-3-9-16-13/h1-6,9,14H,7-8H2. The van der Waals surface area contributed by atoms with Gasteiger partial charge in [0.1, 0.15) is 5.76 Å². The Hall–Kier alpha value is -2.03. The van der Waals surface area contributed by atoms with E-state index < -0.39 is 0 Å². The van der Waals surface area contributed by atoms with Crippen molar-refractivity contribution in [2.45, 2.75) is 6.42 Å². The lowest BCUT2D eigenvalue weighted by Gasteiger charge is -2.03. The molecule has 0 unspecified atom stereocenters. The van der Waals surface area contributed by atoms with Crippen molar-refractivity contribution >= 4 is 17.1 Å². The highest BCUT2D eigenvalue weighted by Gasteiger charge is 2.12. The molecule has 2 heterocycles. The first-order valence-electron chi connectivity index (χ1n) is 5.38. The molecule has 16 heavy (non-hydrogen) atoms. The summed E-state index contributed by atoms with van der Waals surface area (Å²) >= 11 is 0. The molecule has 0 spiro atoms. The van der Waals surface area contributed by atoms with Crippen LogP contribution in [0.15, 0.2) is 52.1 Å². The molecular weight excluding hydrogens is 200 g/mol. The first kappa shape index (κ1) is 9.21. The smallest absolute Gasteiger partial charge is 0.148 e. The predicted octanol–water partition coefficient (Wildman–Crippen LogP) is 3.22. The Morgan fingerprint density at radius 2 is 2.06 bits per heavy atom. The molecule has 1 aliphatic heterocycles. The molecule has 2 aromatic rings. The SMILES string of the molecule is c1coc(C2=Nc3ccccc3NCC2)c1. The summed E-state index contributed by atoms with van der Waals surface area (Å²) in [6.45, 7) is 0.885. The van der Waals surface area contributed by atoms with Crippen LogP contribution in [-0.4, -0.2) is 12.3 Å². The third-order valence-corrected chi connectivity index (χ3v) is 2.64. The molecule has 80 valence electrons. The summed E-state index contributed by atoms with van der Waals surface area (Å²) in [5.41, 5.74) is 3.07. The van der Waals surface area contributed by atoms with Gasteiger partial charge >= 0.3 is 0 Å². The summed E-state index contributed by atoms with van der Waals surface area (Å²) in [6.07, 6.45) is 2.56. The molecule has 1 N–H and O–H groups in total. The van der Waals surface area contributed by atoms with Gasteiger partial charge in [0.05, 0.1) is 23.3 Å². The van der Waals surface area contributed by atoms with Gasteiger partial charge in [-0.25, -0.2) is 4.99 Å². The van der Waals surface area contributed by atoms with Crippen molar-refractivity contribution in [1.82, 2.24) is 0 Å². The van der Waals surface area contributed by atoms with Crippen LogP contribution in [0, 0.1) is 0 Å². The van der Waals surface area contributed by atoms with E-state index in [-0.39, 0.29) is 0 Å². The minimum atomic E-state index is 0.860. The monoisotopic (exact) mass is 212 g/mol. The Bertz CT molecular complexity index is 514. The zero-order chi connectivity index (χ0) is 10.8. The molecule has 1 aliphatic rings. The van der Waals surface area contributed by atoms with E-state index in [9.17, 15) is 0 Å². The fraction of sp³-hybridized carbons (Fsp3) is 0.154. The van der Waals surface area contributed by atoms with E-state index in [0.29, 0.717) is 0 Å². The maximum absolute atomic E-state index is 5.38. The van der Waals surface area contributed by atoms with Crippen LogP contribution in [0.1, 0.15) is 12.2 Å².